The molecule has 210 valence electrons. The van der Waals surface area contributed by atoms with E-state index in [1.54, 1.807) is 47.6 Å². The first kappa shape index (κ1) is 27.4. The van der Waals surface area contributed by atoms with Crippen molar-refractivity contribution in [3.63, 3.8) is 0 Å². The zero-order valence-electron chi connectivity index (χ0n) is 22.9. The number of aliphatic hydroxyl groups is 1. The fraction of sp³-hybridized carbons (Fsp3) is 0.367. The first-order valence-corrected chi connectivity index (χ1v) is 13.3. The van der Waals surface area contributed by atoms with Gasteiger partial charge in [0, 0.05) is 49.2 Å². The Kier molecular flexibility index (Phi) is 8.18. The molecular weight excluding hydrogens is 512 g/mol. The number of anilines is 1. The molecule has 0 saturated carbocycles. The Labute approximate surface area is 233 Å². The molecule has 0 fully saturated rings. The van der Waals surface area contributed by atoms with Gasteiger partial charge in [0.1, 0.15) is 11.9 Å². The van der Waals surface area contributed by atoms with Crippen LogP contribution in [-0.4, -0.2) is 77.4 Å². The molecule has 0 bridgehead atoms. The summed E-state index contributed by atoms with van der Waals surface area (Å²) in [6.45, 7) is 5.63. The maximum absolute atomic E-state index is 13.7. The average molecular weight is 547 g/mol. The fourth-order valence-corrected chi connectivity index (χ4v) is 4.95. The van der Waals surface area contributed by atoms with Gasteiger partial charge in [-0.05, 0) is 62.0 Å². The largest absolute Gasteiger partial charge is 0.488 e. The summed E-state index contributed by atoms with van der Waals surface area (Å²) in [6, 6.07) is 13.9. The monoisotopic (exact) mass is 546 g/mol. The zero-order chi connectivity index (χ0) is 28.2. The third kappa shape index (κ3) is 6.03. The lowest BCUT2D eigenvalue weighted by molar-refractivity contribution is 0.0341. The van der Waals surface area contributed by atoms with Crippen molar-refractivity contribution in [2.45, 2.75) is 32.5 Å². The quantitative estimate of drug-likeness (QED) is 0.442. The molecule has 2 aliphatic heterocycles. The molecule has 2 aliphatic rings. The summed E-state index contributed by atoms with van der Waals surface area (Å²) in [6.07, 6.45) is 2.86. The number of amides is 2. The molecule has 0 saturated heterocycles. The number of likely N-dealkylation sites (N-methyl/N-ethyl adjacent to an activating group) is 1. The second kappa shape index (κ2) is 11.9. The molecule has 3 aromatic rings. The number of aromatic nitrogens is 1. The van der Waals surface area contributed by atoms with E-state index >= 15 is 0 Å². The van der Waals surface area contributed by atoms with Gasteiger partial charge >= 0.3 is 0 Å². The van der Waals surface area contributed by atoms with Crippen LogP contribution < -0.4 is 19.5 Å². The van der Waals surface area contributed by atoms with Gasteiger partial charge in [0.05, 0.1) is 18.2 Å². The lowest BCUT2D eigenvalue weighted by atomic mass is 9.99. The van der Waals surface area contributed by atoms with Crippen molar-refractivity contribution in [3.05, 3.63) is 77.6 Å². The molecule has 0 unspecified atom stereocenters. The van der Waals surface area contributed by atoms with E-state index in [1.165, 1.54) is 0 Å². The van der Waals surface area contributed by atoms with Crippen molar-refractivity contribution in [1.29, 1.82) is 0 Å². The van der Waals surface area contributed by atoms with Gasteiger partial charge in [0.15, 0.2) is 11.5 Å². The van der Waals surface area contributed by atoms with E-state index < -0.39 is 0 Å². The number of nitrogens with one attached hydrogen (secondary N) is 1. The molecule has 2 amide bonds. The molecular formula is C30H34N4O6. The topological polar surface area (TPSA) is 113 Å². The number of aliphatic hydroxyl groups excluding tert-OH is 1. The normalized spacial score (nSPS) is 18.9. The number of pyridine rings is 1. The number of carbonyl (C=O) groups excluding carboxylic acids is 2. The number of carbonyl (C=O) groups is 2. The predicted molar refractivity (Wildman–Crippen MR) is 149 cm³/mol. The predicted octanol–water partition coefficient (Wildman–Crippen LogP) is 3.41. The van der Waals surface area contributed by atoms with Crippen molar-refractivity contribution in [2.75, 3.05) is 38.9 Å². The summed E-state index contributed by atoms with van der Waals surface area (Å²) in [4.78, 5) is 34.2. The van der Waals surface area contributed by atoms with Crippen LogP contribution >= 0.6 is 0 Å². The Morgan fingerprint density at radius 1 is 1.12 bits per heavy atom. The highest BCUT2D eigenvalue weighted by molar-refractivity contribution is 6.05. The van der Waals surface area contributed by atoms with Crippen LogP contribution in [0, 0.1) is 5.92 Å². The van der Waals surface area contributed by atoms with Crippen LogP contribution in [0.15, 0.2) is 60.9 Å². The van der Waals surface area contributed by atoms with Gasteiger partial charge in [-0.25, -0.2) is 0 Å². The highest BCUT2D eigenvalue weighted by atomic mass is 16.7. The van der Waals surface area contributed by atoms with E-state index in [4.69, 9.17) is 14.2 Å². The summed E-state index contributed by atoms with van der Waals surface area (Å²) >= 11 is 0. The third-order valence-corrected chi connectivity index (χ3v) is 7.25. The summed E-state index contributed by atoms with van der Waals surface area (Å²) in [5.74, 6) is 1.36. The molecule has 3 atom stereocenters. The number of hydrogen-bond donors (Lipinski definition) is 2. The van der Waals surface area contributed by atoms with Crippen LogP contribution in [0.1, 0.15) is 40.1 Å². The zero-order valence-corrected chi connectivity index (χ0v) is 22.9. The maximum atomic E-state index is 13.7. The van der Waals surface area contributed by atoms with Crippen molar-refractivity contribution >= 4 is 17.5 Å². The summed E-state index contributed by atoms with van der Waals surface area (Å²) in [5, 5.41) is 12.8. The van der Waals surface area contributed by atoms with E-state index in [2.05, 4.69) is 22.1 Å². The van der Waals surface area contributed by atoms with Crippen molar-refractivity contribution in [2.24, 2.45) is 5.92 Å². The van der Waals surface area contributed by atoms with Gasteiger partial charge in [-0.1, -0.05) is 13.0 Å². The Morgan fingerprint density at radius 3 is 2.65 bits per heavy atom. The number of benzene rings is 2. The minimum Gasteiger partial charge on any atom is -0.488 e. The molecule has 10 heteroatoms. The molecule has 5 rings (SSSR count). The first-order chi connectivity index (χ1) is 19.3. The van der Waals surface area contributed by atoms with Gasteiger partial charge in [-0.3, -0.25) is 19.5 Å². The van der Waals surface area contributed by atoms with Gasteiger partial charge in [-0.15, -0.1) is 0 Å². The Balaban J connectivity index is 1.37. The molecule has 3 heterocycles. The molecule has 2 N–H and O–H groups in total. The summed E-state index contributed by atoms with van der Waals surface area (Å²) in [5.41, 5.74) is 2.35. The third-order valence-electron chi connectivity index (χ3n) is 7.25. The van der Waals surface area contributed by atoms with Crippen LogP contribution in [0.2, 0.25) is 0 Å². The van der Waals surface area contributed by atoms with Crippen LogP contribution in [0.5, 0.6) is 17.2 Å². The average Bonchev–Trinajstić information content (AvgIpc) is 3.43. The van der Waals surface area contributed by atoms with Crippen molar-refractivity contribution < 1.29 is 28.9 Å². The Morgan fingerprint density at radius 2 is 1.88 bits per heavy atom. The first-order valence-electron chi connectivity index (χ1n) is 13.3. The second-order valence-corrected chi connectivity index (χ2v) is 10.4. The molecule has 1 aromatic heterocycles. The van der Waals surface area contributed by atoms with Crippen LogP contribution in [0.4, 0.5) is 5.69 Å². The number of ether oxygens (including phenoxy) is 3. The van der Waals surface area contributed by atoms with Gasteiger partial charge in [-0.2, -0.15) is 0 Å². The van der Waals surface area contributed by atoms with E-state index in [-0.39, 0.29) is 43.3 Å². The van der Waals surface area contributed by atoms with Crippen LogP contribution in [-0.2, 0) is 6.54 Å². The minimum absolute atomic E-state index is 0.0172. The molecule has 0 spiro atoms. The van der Waals surface area contributed by atoms with Gasteiger partial charge in [0.25, 0.3) is 11.8 Å². The van der Waals surface area contributed by atoms with E-state index in [9.17, 15) is 14.7 Å². The number of fused-ring (bicyclic) bond motifs is 2. The van der Waals surface area contributed by atoms with E-state index in [1.807, 2.05) is 32.2 Å². The van der Waals surface area contributed by atoms with Crippen molar-refractivity contribution in [3.8, 4) is 17.2 Å². The Hall–Kier alpha value is -4.15. The highest BCUT2D eigenvalue weighted by Gasteiger charge is 2.33. The minimum atomic E-state index is -0.386. The lowest BCUT2D eigenvalue weighted by Crippen LogP contribution is -2.49. The maximum Gasteiger partial charge on any atom is 0.258 e. The standard InChI is InChI=1S/C30H34N4O6/c1-19-14-34(20(2)17-35)30(37)24-13-23(32-29(36)22-8-10-31-11-9-22)5-7-25(24)40-28(19)16-33(3)15-21-4-6-26-27(12-21)39-18-38-26/h4-13,19-20,28,35H,14-18H2,1-3H3,(H,32,36)/t19-,20-,28+/m1/s1. The number of hydrogen-bond acceptors (Lipinski definition) is 8. The van der Waals surface area contributed by atoms with E-state index in [0.29, 0.717) is 42.2 Å². The highest BCUT2D eigenvalue weighted by Crippen LogP contribution is 2.33. The van der Waals surface area contributed by atoms with E-state index in [0.717, 1.165) is 17.1 Å². The number of nitrogens with zero attached hydrogens (tertiary/aromatic N) is 3. The van der Waals surface area contributed by atoms with Crippen LogP contribution in [0.25, 0.3) is 0 Å². The summed E-state index contributed by atoms with van der Waals surface area (Å²) < 4.78 is 17.4. The molecule has 40 heavy (non-hydrogen) atoms. The lowest BCUT2D eigenvalue weighted by Gasteiger charge is -2.38. The van der Waals surface area contributed by atoms with Gasteiger partial charge < -0.3 is 29.5 Å². The Bertz CT molecular complexity index is 1370. The molecule has 0 radical (unpaired) electrons. The number of rotatable bonds is 8. The van der Waals surface area contributed by atoms with Crippen LogP contribution in [0.3, 0.4) is 0 Å². The fourth-order valence-electron chi connectivity index (χ4n) is 4.95. The SMILES string of the molecule is C[C@@H]1CN([C@H](C)CO)C(=O)c2cc(NC(=O)c3ccncc3)ccc2O[C@H]1CN(C)Cc1ccc2c(c1)OCO2. The van der Waals surface area contributed by atoms with Gasteiger partial charge in [0.2, 0.25) is 6.79 Å². The van der Waals surface area contributed by atoms with Crippen molar-refractivity contribution in [1.82, 2.24) is 14.8 Å². The smallest absolute Gasteiger partial charge is 0.258 e. The summed E-state index contributed by atoms with van der Waals surface area (Å²) in [7, 11) is 2.03. The molecule has 2 aromatic carbocycles. The second-order valence-electron chi connectivity index (χ2n) is 10.4. The molecule has 0 aliphatic carbocycles. The molecule has 10 nitrogen and oxygen atoms in total.